The first-order valence-electron chi connectivity index (χ1n) is 20.5. The van der Waals surface area contributed by atoms with E-state index in [1.54, 1.807) is 0 Å². The number of aromatic hydroxyl groups is 3. The fourth-order valence-electron chi connectivity index (χ4n) is 7.29. The summed E-state index contributed by atoms with van der Waals surface area (Å²) in [7, 11) is -25.0. The van der Waals surface area contributed by atoms with Gasteiger partial charge >= 0.3 is 0 Å². The summed E-state index contributed by atoms with van der Waals surface area (Å²) < 4.78 is 172. The van der Waals surface area contributed by atoms with Gasteiger partial charge in [-0.1, -0.05) is 30.3 Å². The summed E-state index contributed by atoms with van der Waals surface area (Å²) in [5.74, 6) is -2.45. The number of aliphatic hydroxyl groups is 1. The number of phenolic OH excluding ortho intramolecular Hbond substituents is 3. The van der Waals surface area contributed by atoms with Crippen molar-refractivity contribution in [3.8, 4) is 17.2 Å². The van der Waals surface area contributed by atoms with Gasteiger partial charge in [0.05, 0.1) is 34.0 Å². The molecule has 0 spiro atoms. The number of nitrogens with two attached hydrogens (primary N) is 1. The van der Waals surface area contributed by atoms with E-state index < -0.39 is 133 Å². The maximum Gasteiger partial charge on any atom is 0.296 e. The van der Waals surface area contributed by atoms with Gasteiger partial charge in [0, 0.05) is 10.8 Å². The minimum absolute atomic E-state index is 0.0189. The number of rotatable bonds is 14. The monoisotopic (exact) mass is 1140 g/mol. The molecule has 0 saturated carbocycles. The summed E-state index contributed by atoms with van der Waals surface area (Å²) in [5.41, 5.74) is 1.89. The van der Waals surface area contributed by atoms with E-state index in [0.717, 1.165) is 72.8 Å². The molecule has 0 aromatic heterocycles. The first-order chi connectivity index (χ1) is 35.4. The lowest BCUT2D eigenvalue weighted by Gasteiger charge is -2.12. The Morgan fingerprint density at radius 3 is 1.47 bits per heavy atom. The van der Waals surface area contributed by atoms with E-state index >= 15 is 0 Å². The minimum atomic E-state index is -5.20. The molecule has 8 aromatic rings. The third-order valence-corrected chi connectivity index (χ3v) is 15.2. The summed E-state index contributed by atoms with van der Waals surface area (Å²) >= 11 is 0. The Bertz CT molecular complexity index is 4540. The second-order valence-electron chi connectivity index (χ2n) is 15.8. The molecule has 33 heteroatoms. The molecule has 0 bridgehead atoms. The summed E-state index contributed by atoms with van der Waals surface area (Å²) in [6, 6.07) is 19.2. The van der Waals surface area contributed by atoms with Crippen molar-refractivity contribution < 1.29 is 85.3 Å². The van der Waals surface area contributed by atoms with Crippen LogP contribution in [0, 0.1) is 0 Å². The smallest absolute Gasteiger partial charge is 0.296 e. The third-order valence-electron chi connectivity index (χ3n) is 10.8. The largest absolute Gasteiger partial charge is 0.505 e. The lowest BCUT2D eigenvalue weighted by Crippen LogP contribution is -2.01. The summed E-state index contributed by atoms with van der Waals surface area (Å²) in [5, 5.41) is 73.1. The number of anilines is 1. The maximum absolute atomic E-state index is 12.7. The molecule has 8 aromatic carbocycles. The van der Waals surface area contributed by atoms with Crippen molar-refractivity contribution in [1.82, 2.24) is 0 Å². The molecule has 0 radical (unpaired) electrons. The predicted octanol–water partition coefficient (Wildman–Crippen LogP) is 9.23. The fraction of sp³-hybridized carbons (Fsp3) is 0.0233. The molecule has 8 rings (SSSR count). The van der Waals surface area contributed by atoms with E-state index in [4.69, 9.17) is 5.73 Å². The van der Waals surface area contributed by atoms with E-state index in [-0.39, 0.29) is 54.9 Å². The number of azo groups is 4. The highest BCUT2D eigenvalue weighted by atomic mass is 32.2. The van der Waals surface area contributed by atoms with Crippen LogP contribution in [0.1, 0.15) is 5.56 Å². The molecule has 392 valence electrons. The molecular weight excluding hydrogens is 1110 g/mol. The first kappa shape index (κ1) is 53.9. The summed E-state index contributed by atoms with van der Waals surface area (Å²) in [4.78, 5) is -4.07. The number of hydrogen-bond donors (Lipinski definition) is 10. The van der Waals surface area contributed by atoms with Crippen molar-refractivity contribution in [2.45, 2.75) is 31.1 Å². The molecule has 0 aliphatic carbocycles. The van der Waals surface area contributed by atoms with Gasteiger partial charge < -0.3 is 26.2 Å². The lowest BCUT2D eigenvalue weighted by atomic mass is 10.1. The van der Waals surface area contributed by atoms with E-state index in [1.165, 1.54) is 36.4 Å². The van der Waals surface area contributed by atoms with Crippen molar-refractivity contribution in [2.75, 3.05) is 5.73 Å². The molecular formula is C43H31N9O19S5. The standard InChI is InChI=1S/C43H31N9O19S5/c44-38-37-23(7-11-31(43(37)56)49-50-32-18-28-22(13-34(32)74(63,64)65)6-10-30(41(28)54)48-47-29-9-4-20(19-53)12-33(29)73(60,61)62)15-35(75(66,67)68)39(38)51-46-25-8-5-21-14-36(76(69,70)71)40(42(55)27(21)17-25)52-45-24-2-1-3-26(16-24)72(57,58)59/h1-18,53-56H,19,44H2,(H,57,58,59)(H,60,61,62)(H,63,64,65)(H,66,67,68)(H,69,70,71). The van der Waals surface area contributed by atoms with Gasteiger partial charge in [-0.05, 0) is 101 Å². The van der Waals surface area contributed by atoms with Gasteiger partial charge in [-0.2, -0.15) is 52.3 Å². The van der Waals surface area contributed by atoms with Crippen molar-refractivity contribution in [1.29, 1.82) is 0 Å². The second kappa shape index (κ2) is 19.7. The van der Waals surface area contributed by atoms with Crippen LogP contribution >= 0.6 is 0 Å². The van der Waals surface area contributed by atoms with Gasteiger partial charge in [-0.15, -0.1) is 30.7 Å². The van der Waals surface area contributed by atoms with Crippen LogP contribution in [-0.2, 0) is 57.2 Å². The average molecular weight is 1140 g/mol. The molecule has 76 heavy (non-hydrogen) atoms. The van der Waals surface area contributed by atoms with Gasteiger partial charge in [0.25, 0.3) is 50.6 Å². The van der Waals surface area contributed by atoms with E-state index in [0.29, 0.717) is 0 Å². The van der Waals surface area contributed by atoms with Crippen molar-refractivity contribution in [3.05, 3.63) is 115 Å². The quantitative estimate of drug-likeness (QED) is 0.0275. The zero-order valence-electron chi connectivity index (χ0n) is 37.4. The van der Waals surface area contributed by atoms with Gasteiger partial charge in [-0.3, -0.25) is 22.8 Å². The van der Waals surface area contributed by atoms with Crippen molar-refractivity contribution in [2.24, 2.45) is 40.9 Å². The molecule has 0 aliphatic heterocycles. The van der Waals surface area contributed by atoms with Crippen LogP contribution in [0.15, 0.2) is 175 Å². The Morgan fingerprint density at radius 2 is 0.868 bits per heavy atom. The normalized spacial score (nSPS) is 13.2. The molecule has 0 heterocycles. The minimum Gasteiger partial charge on any atom is -0.505 e. The molecule has 0 atom stereocenters. The van der Waals surface area contributed by atoms with Crippen LogP contribution in [0.25, 0.3) is 32.3 Å². The summed E-state index contributed by atoms with van der Waals surface area (Å²) in [6.45, 7) is -0.581. The van der Waals surface area contributed by atoms with Crippen LogP contribution in [0.3, 0.4) is 0 Å². The Hall–Kier alpha value is -8.35. The molecule has 0 aliphatic rings. The maximum atomic E-state index is 12.7. The van der Waals surface area contributed by atoms with Crippen LogP contribution in [-0.4, -0.2) is 85.3 Å². The fourth-order valence-corrected chi connectivity index (χ4v) is 10.4. The third kappa shape index (κ3) is 11.0. The number of benzene rings is 8. The van der Waals surface area contributed by atoms with Gasteiger partial charge in [0.2, 0.25) is 0 Å². The highest BCUT2D eigenvalue weighted by Gasteiger charge is 2.26. The second-order valence-corrected chi connectivity index (χ2v) is 22.7. The molecule has 0 amide bonds. The topological polar surface area (TPSA) is 478 Å². The zero-order valence-corrected chi connectivity index (χ0v) is 41.5. The zero-order chi connectivity index (χ0) is 55.4. The Morgan fingerprint density at radius 1 is 0.395 bits per heavy atom. The van der Waals surface area contributed by atoms with Gasteiger partial charge in [0.15, 0.2) is 17.2 Å². The van der Waals surface area contributed by atoms with Crippen LogP contribution in [0.2, 0.25) is 0 Å². The lowest BCUT2D eigenvalue weighted by molar-refractivity contribution is 0.281. The highest BCUT2D eigenvalue weighted by molar-refractivity contribution is 7.87. The number of fused-ring (bicyclic) bond motifs is 3. The molecule has 0 saturated heterocycles. The number of aliphatic hydroxyl groups excluding tert-OH is 1. The molecule has 11 N–H and O–H groups in total. The Balaban J connectivity index is 1.19. The number of hydrogen-bond acceptors (Lipinski definition) is 23. The van der Waals surface area contributed by atoms with Gasteiger partial charge in [-0.25, -0.2) is 0 Å². The Kier molecular flexibility index (Phi) is 14.0. The highest BCUT2D eigenvalue weighted by Crippen LogP contribution is 2.48. The molecule has 28 nitrogen and oxygen atoms in total. The van der Waals surface area contributed by atoms with Crippen molar-refractivity contribution in [3.63, 3.8) is 0 Å². The van der Waals surface area contributed by atoms with E-state index in [2.05, 4.69) is 40.9 Å². The average Bonchev–Trinajstić information content (AvgIpc) is 3.36. The predicted molar refractivity (Wildman–Crippen MR) is 266 cm³/mol. The number of nitrogens with zero attached hydrogens (tertiary/aromatic N) is 8. The number of phenols is 3. The Labute approximate surface area is 427 Å². The van der Waals surface area contributed by atoms with Gasteiger partial charge in [0.1, 0.15) is 53.7 Å². The van der Waals surface area contributed by atoms with Crippen LogP contribution in [0.5, 0.6) is 17.2 Å². The van der Waals surface area contributed by atoms with E-state index in [9.17, 15) is 85.3 Å². The molecule has 0 fully saturated rings. The number of nitrogen functional groups attached to an aromatic ring is 1. The summed E-state index contributed by atoms with van der Waals surface area (Å²) in [6.07, 6.45) is 0. The SMILES string of the molecule is Nc1c(N=Nc2ccc3cc(S(=O)(=O)O)c(N=Nc4cccc(S(=O)(=O)O)c4)c(O)c3c2)c(S(=O)(=O)O)cc2ccc(N=Nc3cc4c(O)c(N=Nc5ccc(CO)cc5S(=O)(=O)O)ccc4cc3S(=O)(=O)O)c(O)c12. The first-order valence-corrected chi connectivity index (χ1v) is 27.7. The van der Waals surface area contributed by atoms with Crippen LogP contribution < -0.4 is 5.73 Å². The van der Waals surface area contributed by atoms with E-state index in [1.807, 2.05) is 0 Å². The van der Waals surface area contributed by atoms with Crippen LogP contribution in [0.4, 0.5) is 51.2 Å². The van der Waals surface area contributed by atoms with Crippen molar-refractivity contribution >= 4 is 134 Å². The molecule has 0 unspecified atom stereocenters.